The zero-order valence-electron chi connectivity index (χ0n) is 13.9. The first-order chi connectivity index (χ1) is 11.6. The van der Waals surface area contributed by atoms with Crippen LogP contribution in [0.3, 0.4) is 0 Å². The second-order valence-electron chi connectivity index (χ2n) is 6.68. The number of pyridine rings is 1. The van der Waals surface area contributed by atoms with Gasteiger partial charge in [0, 0.05) is 45.0 Å². The molecule has 24 heavy (non-hydrogen) atoms. The van der Waals surface area contributed by atoms with E-state index in [1.165, 1.54) is 29.8 Å². The van der Waals surface area contributed by atoms with Gasteiger partial charge in [0.15, 0.2) is 0 Å². The van der Waals surface area contributed by atoms with Crippen LogP contribution in [0.1, 0.15) is 38.5 Å². The van der Waals surface area contributed by atoms with Crippen molar-refractivity contribution in [3.05, 3.63) is 24.5 Å². The molecule has 1 aromatic heterocycles. The van der Waals surface area contributed by atoms with E-state index in [0.717, 1.165) is 12.8 Å². The van der Waals surface area contributed by atoms with Gasteiger partial charge in [-0.05, 0) is 30.9 Å². The topological polar surface area (TPSA) is 70.6 Å². The molecule has 1 amide bonds. The zero-order chi connectivity index (χ0) is 17.0. The third kappa shape index (κ3) is 3.95. The summed E-state index contributed by atoms with van der Waals surface area (Å²) in [4.78, 5) is 18.4. The SMILES string of the molecule is O=C(CC1CCCCC1)N1CCN(S(=O)(=O)c2cccnc2)CC1. The van der Waals surface area contributed by atoms with Gasteiger partial charge in [-0.1, -0.05) is 19.3 Å². The Morgan fingerprint density at radius 2 is 1.83 bits per heavy atom. The molecular weight excluding hydrogens is 326 g/mol. The fraction of sp³-hybridized carbons (Fsp3) is 0.647. The number of hydrogen-bond acceptors (Lipinski definition) is 4. The van der Waals surface area contributed by atoms with Gasteiger partial charge < -0.3 is 4.90 Å². The quantitative estimate of drug-likeness (QED) is 0.830. The van der Waals surface area contributed by atoms with Crippen LogP contribution in [-0.2, 0) is 14.8 Å². The molecule has 2 fully saturated rings. The largest absolute Gasteiger partial charge is 0.340 e. The van der Waals surface area contributed by atoms with Gasteiger partial charge in [-0.25, -0.2) is 8.42 Å². The summed E-state index contributed by atoms with van der Waals surface area (Å²) >= 11 is 0. The average molecular weight is 351 g/mol. The third-order valence-electron chi connectivity index (χ3n) is 5.05. The fourth-order valence-corrected chi connectivity index (χ4v) is 4.98. The highest BCUT2D eigenvalue weighted by molar-refractivity contribution is 7.89. The minimum atomic E-state index is -3.51. The summed E-state index contributed by atoms with van der Waals surface area (Å²) in [6.07, 6.45) is 9.61. The molecule has 0 radical (unpaired) electrons. The smallest absolute Gasteiger partial charge is 0.244 e. The predicted octanol–water partition coefficient (Wildman–Crippen LogP) is 1.88. The van der Waals surface area contributed by atoms with Gasteiger partial charge >= 0.3 is 0 Å². The highest BCUT2D eigenvalue weighted by Crippen LogP contribution is 2.27. The van der Waals surface area contributed by atoms with Gasteiger partial charge in [0.05, 0.1) is 0 Å². The predicted molar refractivity (Wildman–Crippen MR) is 90.8 cm³/mol. The van der Waals surface area contributed by atoms with E-state index in [-0.39, 0.29) is 10.8 Å². The number of carbonyl (C=O) groups is 1. The van der Waals surface area contributed by atoms with Crippen LogP contribution in [-0.4, -0.2) is 54.7 Å². The molecule has 1 aliphatic carbocycles. The lowest BCUT2D eigenvalue weighted by Gasteiger charge is -2.35. The van der Waals surface area contributed by atoms with Gasteiger partial charge in [0.2, 0.25) is 15.9 Å². The number of sulfonamides is 1. The van der Waals surface area contributed by atoms with E-state index in [9.17, 15) is 13.2 Å². The average Bonchev–Trinajstić information content (AvgIpc) is 2.63. The zero-order valence-corrected chi connectivity index (χ0v) is 14.7. The molecule has 1 aliphatic heterocycles. The molecule has 0 bridgehead atoms. The molecule has 0 spiro atoms. The molecule has 1 saturated heterocycles. The van der Waals surface area contributed by atoms with Crippen molar-refractivity contribution in [3.8, 4) is 0 Å². The summed E-state index contributed by atoms with van der Waals surface area (Å²) in [5, 5.41) is 0. The van der Waals surface area contributed by atoms with Gasteiger partial charge in [-0.2, -0.15) is 4.31 Å². The summed E-state index contributed by atoms with van der Waals surface area (Å²) in [6, 6.07) is 3.18. The number of aromatic nitrogens is 1. The lowest BCUT2D eigenvalue weighted by atomic mass is 9.86. The molecule has 0 aromatic carbocycles. The van der Waals surface area contributed by atoms with Crippen molar-refractivity contribution in [2.24, 2.45) is 5.92 Å². The van der Waals surface area contributed by atoms with Crippen LogP contribution < -0.4 is 0 Å². The second-order valence-corrected chi connectivity index (χ2v) is 8.62. The Labute approximate surface area is 143 Å². The summed E-state index contributed by atoms with van der Waals surface area (Å²) in [5.74, 6) is 0.698. The second kappa shape index (κ2) is 7.61. The number of rotatable bonds is 4. The van der Waals surface area contributed by atoms with Crippen molar-refractivity contribution in [3.63, 3.8) is 0 Å². The molecule has 1 aromatic rings. The van der Waals surface area contributed by atoms with Crippen LogP contribution in [0.2, 0.25) is 0 Å². The molecule has 2 aliphatic rings. The molecule has 2 heterocycles. The normalized spacial score (nSPS) is 20.9. The Hall–Kier alpha value is -1.47. The van der Waals surface area contributed by atoms with Gasteiger partial charge in [-0.3, -0.25) is 9.78 Å². The number of carbonyl (C=O) groups excluding carboxylic acids is 1. The molecule has 0 atom stereocenters. The standard InChI is InChI=1S/C17H25N3O3S/c21-17(13-15-5-2-1-3-6-15)19-9-11-20(12-10-19)24(22,23)16-7-4-8-18-14-16/h4,7-8,14-15H,1-3,5-6,9-13H2. The highest BCUT2D eigenvalue weighted by Gasteiger charge is 2.30. The first kappa shape index (κ1) is 17.4. The maximum atomic E-state index is 12.6. The molecule has 132 valence electrons. The van der Waals surface area contributed by atoms with E-state index < -0.39 is 10.0 Å². The van der Waals surface area contributed by atoms with Crippen LogP contribution >= 0.6 is 0 Å². The van der Waals surface area contributed by atoms with Crippen molar-refractivity contribution in [2.45, 2.75) is 43.4 Å². The highest BCUT2D eigenvalue weighted by atomic mass is 32.2. The van der Waals surface area contributed by atoms with E-state index in [2.05, 4.69) is 4.98 Å². The van der Waals surface area contributed by atoms with Crippen LogP contribution in [0.25, 0.3) is 0 Å². The molecule has 7 heteroatoms. The van der Waals surface area contributed by atoms with E-state index in [1.54, 1.807) is 18.3 Å². The van der Waals surface area contributed by atoms with Crippen LogP contribution in [0.15, 0.2) is 29.4 Å². The summed E-state index contributed by atoms with van der Waals surface area (Å²) in [6.45, 7) is 1.66. The summed E-state index contributed by atoms with van der Waals surface area (Å²) in [5.41, 5.74) is 0. The first-order valence-corrected chi connectivity index (χ1v) is 10.2. The van der Waals surface area contributed by atoms with Crippen LogP contribution in [0.5, 0.6) is 0 Å². The molecule has 3 rings (SSSR count). The molecular formula is C17H25N3O3S. The lowest BCUT2D eigenvalue weighted by Crippen LogP contribution is -2.50. The van der Waals surface area contributed by atoms with Gasteiger partial charge in [0.25, 0.3) is 0 Å². The summed E-state index contributed by atoms with van der Waals surface area (Å²) < 4.78 is 26.6. The number of piperazine rings is 1. The van der Waals surface area contributed by atoms with Crippen molar-refractivity contribution >= 4 is 15.9 Å². The first-order valence-electron chi connectivity index (χ1n) is 8.75. The minimum absolute atomic E-state index is 0.181. The van der Waals surface area contributed by atoms with Gasteiger partial charge in [-0.15, -0.1) is 0 Å². The van der Waals surface area contributed by atoms with Crippen LogP contribution in [0, 0.1) is 5.92 Å². The molecule has 6 nitrogen and oxygen atoms in total. The maximum absolute atomic E-state index is 12.6. The van der Waals surface area contributed by atoms with Crippen molar-refractivity contribution in [1.29, 1.82) is 0 Å². The van der Waals surface area contributed by atoms with E-state index in [1.807, 2.05) is 4.90 Å². The Morgan fingerprint density at radius 1 is 1.12 bits per heavy atom. The van der Waals surface area contributed by atoms with Crippen LogP contribution in [0.4, 0.5) is 0 Å². The minimum Gasteiger partial charge on any atom is -0.340 e. The Bertz CT molecular complexity index is 649. The fourth-order valence-electron chi connectivity index (χ4n) is 3.59. The number of nitrogens with zero attached hydrogens (tertiary/aromatic N) is 3. The van der Waals surface area contributed by atoms with Gasteiger partial charge in [0.1, 0.15) is 4.90 Å². The summed E-state index contributed by atoms with van der Waals surface area (Å²) in [7, 11) is -3.51. The van der Waals surface area contributed by atoms with E-state index >= 15 is 0 Å². The molecule has 0 N–H and O–H groups in total. The molecule has 1 saturated carbocycles. The van der Waals surface area contributed by atoms with E-state index in [0.29, 0.717) is 38.5 Å². The monoisotopic (exact) mass is 351 g/mol. The maximum Gasteiger partial charge on any atom is 0.244 e. The van der Waals surface area contributed by atoms with Crippen molar-refractivity contribution in [1.82, 2.24) is 14.2 Å². The number of hydrogen-bond donors (Lipinski definition) is 0. The third-order valence-corrected chi connectivity index (χ3v) is 6.93. The Kier molecular flexibility index (Phi) is 5.50. The lowest BCUT2D eigenvalue weighted by molar-refractivity contribution is -0.133. The Morgan fingerprint density at radius 3 is 2.46 bits per heavy atom. The molecule has 0 unspecified atom stereocenters. The van der Waals surface area contributed by atoms with Crippen molar-refractivity contribution < 1.29 is 13.2 Å². The van der Waals surface area contributed by atoms with Crippen molar-refractivity contribution in [2.75, 3.05) is 26.2 Å². The van der Waals surface area contributed by atoms with E-state index in [4.69, 9.17) is 0 Å². The Balaban J connectivity index is 1.54. The number of amides is 1.